The largest absolute Gasteiger partial charge is 0.365 e. The standard InChI is InChI=1S/C24H28BrN5/c1-17-5-6-20(13-18(17)2)14-26-23-22(25)15-27-24(29-23)28-21-9-7-19(8-10-21)16-30-11-3-4-12-30/h5-10,13,15H,3-4,11-12,14,16H2,1-2H3,(H2,26,27,28,29). The predicted molar refractivity (Wildman–Crippen MR) is 127 cm³/mol. The summed E-state index contributed by atoms with van der Waals surface area (Å²) in [5.74, 6) is 1.35. The molecule has 1 aliphatic heterocycles. The van der Waals surface area contributed by atoms with Gasteiger partial charge in [-0.15, -0.1) is 0 Å². The van der Waals surface area contributed by atoms with E-state index in [-0.39, 0.29) is 0 Å². The van der Waals surface area contributed by atoms with Crippen LogP contribution in [0.1, 0.15) is 35.1 Å². The molecule has 1 aromatic heterocycles. The van der Waals surface area contributed by atoms with Crippen molar-refractivity contribution in [2.75, 3.05) is 23.7 Å². The normalized spacial score (nSPS) is 14.1. The molecule has 30 heavy (non-hydrogen) atoms. The maximum Gasteiger partial charge on any atom is 0.229 e. The highest BCUT2D eigenvalue weighted by molar-refractivity contribution is 9.10. The molecule has 5 nitrogen and oxygen atoms in total. The average Bonchev–Trinajstić information content (AvgIpc) is 3.25. The molecule has 0 amide bonds. The molecule has 1 aliphatic rings. The molecule has 1 saturated heterocycles. The fraction of sp³-hybridized carbons (Fsp3) is 0.333. The van der Waals surface area contributed by atoms with Crippen LogP contribution in [0.15, 0.2) is 53.1 Å². The Kier molecular flexibility index (Phi) is 6.65. The molecule has 0 atom stereocenters. The van der Waals surface area contributed by atoms with Gasteiger partial charge in [-0.25, -0.2) is 4.98 Å². The Hall–Kier alpha value is -2.44. The minimum Gasteiger partial charge on any atom is -0.365 e. The number of aromatic nitrogens is 2. The average molecular weight is 466 g/mol. The first-order valence-corrected chi connectivity index (χ1v) is 11.3. The molecule has 2 heterocycles. The summed E-state index contributed by atoms with van der Waals surface area (Å²) < 4.78 is 0.845. The van der Waals surface area contributed by atoms with Crippen LogP contribution in [-0.4, -0.2) is 28.0 Å². The Morgan fingerprint density at radius 1 is 0.967 bits per heavy atom. The van der Waals surface area contributed by atoms with E-state index in [1.165, 1.54) is 48.2 Å². The summed E-state index contributed by atoms with van der Waals surface area (Å²) in [5.41, 5.74) is 6.16. The minimum absolute atomic E-state index is 0.577. The van der Waals surface area contributed by atoms with E-state index in [1.807, 2.05) is 0 Å². The second kappa shape index (κ2) is 9.58. The quantitative estimate of drug-likeness (QED) is 0.461. The number of rotatable bonds is 7. The van der Waals surface area contributed by atoms with Crippen molar-refractivity contribution in [1.29, 1.82) is 0 Å². The van der Waals surface area contributed by atoms with E-state index in [4.69, 9.17) is 0 Å². The summed E-state index contributed by atoms with van der Waals surface area (Å²) in [7, 11) is 0. The van der Waals surface area contributed by atoms with Crippen LogP contribution in [0, 0.1) is 13.8 Å². The molecule has 2 aromatic carbocycles. The van der Waals surface area contributed by atoms with E-state index >= 15 is 0 Å². The van der Waals surface area contributed by atoms with Crippen molar-refractivity contribution >= 4 is 33.4 Å². The Balaban J connectivity index is 1.39. The van der Waals surface area contributed by atoms with Crippen molar-refractivity contribution in [2.24, 2.45) is 0 Å². The number of aryl methyl sites for hydroxylation is 2. The molecule has 0 aliphatic carbocycles. The highest BCUT2D eigenvalue weighted by atomic mass is 79.9. The molecule has 2 N–H and O–H groups in total. The summed E-state index contributed by atoms with van der Waals surface area (Å²) in [6.45, 7) is 8.43. The molecule has 4 rings (SSSR count). The molecule has 6 heteroatoms. The van der Waals surface area contributed by atoms with E-state index in [0.29, 0.717) is 12.5 Å². The SMILES string of the molecule is Cc1ccc(CNc2nc(Nc3ccc(CN4CCCC4)cc3)ncc2Br)cc1C. The van der Waals surface area contributed by atoms with Crippen molar-refractivity contribution in [3.05, 3.63) is 75.4 Å². The minimum atomic E-state index is 0.577. The van der Waals surface area contributed by atoms with Gasteiger partial charge in [0.1, 0.15) is 5.82 Å². The monoisotopic (exact) mass is 465 g/mol. The lowest BCUT2D eigenvalue weighted by molar-refractivity contribution is 0.331. The van der Waals surface area contributed by atoms with E-state index in [0.717, 1.165) is 22.5 Å². The van der Waals surface area contributed by atoms with Crippen LogP contribution in [0.5, 0.6) is 0 Å². The van der Waals surface area contributed by atoms with Crippen LogP contribution in [-0.2, 0) is 13.1 Å². The number of nitrogens with zero attached hydrogens (tertiary/aromatic N) is 3. The first-order chi connectivity index (χ1) is 14.6. The molecule has 0 spiro atoms. The number of likely N-dealkylation sites (tertiary alicyclic amines) is 1. The van der Waals surface area contributed by atoms with Crippen LogP contribution in [0.3, 0.4) is 0 Å². The maximum absolute atomic E-state index is 4.64. The molecule has 3 aromatic rings. The third kappa shape index (κ3) is 5.37. The summed E-state index contributed by atoms with van der Waals surface area (Å²) in [6.07, 6.45) is 4.42. The molecular formula is C24H28BrN5. The Morgan fingerprint density at radius 3 is 2.43 bits per heavy atom. The zero-order chi connectivity index (χ0) is 20.9. The number of nitrogens with one attached hydrogen (secondary N) is 2. The molecule has 0 bridgehead atoms. The van der Waals surface area contributed by atoms with Gasteiger partial charge in [0.2, 0.25) is 5.95 Å². The molecule has 0 saturated carbocycles. The number of anilines is 3. The van der Waals surface area contributed by atoms with E-state index < -0.39 is 0 Å². The van der Waals surface area contributed by atoms with E-state index in [9.17, 15) is 0 Å². The summed E-state index contributed by atoms with van der Waals surface area (Å²) >= 11 is 3.55. The van der Waals surface area contributed by atoms with Crippen molar-refractivity contribution in [3.8, 4) is 0 Å². The number of halogens is 1. The number of hydrogen-bond donors (Lipinski definition) is 2. The van der Waals surface area contributed by atoms with Gasteiger partial charge >= 0.3 is 0 Å². The fourth-order valence-electron chi connectivity index (χ4n) is 3.67. The smallest absolute Gasteiger partial charge is 0.229 e. The molecular weight excluding hydrogens is 438 g/mol. The Labute approximate surface area is 187 Å². The fourth-order valence-corrected chi connectivity index (χ4v) is 4.00. The van der Waals surface area contributed by atoms with Crippen molar-refractivity contribution in [2.45, 2.75) is 39.8 Å². The zero-order valence-corrected chi connectivity index (χ0v) is 19.2. The highest BCUT2D eigenvalue weighted by Crippen LogP contribution is 2.23. The van der Waals surface area contributed by atoms with Gasteiger partial charge in [0.05, 0.1) is 4.47 Å². The van der Waals surface area contributed by atoms with Crippen LogP contribution < -0.4 is 10.6 Å². The molecule has 156 valence electrons. The summed E-state index contributed by atoms with van der Waals surface area (Å²) in [4.78, 5) is 11.6. The van der Waals surface area contributed by atoms with Gasteiger partial charge in [0.15, 0.2) is 0 Å². The predicted octanol–water partition coefficient (Wildman–Crippen LogP) is 5.81. The summed E-state index contributed by atoms with van der Waals surface area (Å²) in [5, 5.41) is 6.72. The van der Waals surface area contributed by atoms with Crippen LogP contribution in [0.4, 0.5) is 17.5 Å². The van der Waals surface area contributed by atoms with Gasteiger partial charge in [-0.1, -0.05) is 30.3 Å². The Morgan fingerprint density at radius 2 is 1.70 bits per heavy atom. The third-order valence-electron chi connectivity index (χ3n) is 5.59. The molecule has 1 fully saturated rings. The topological polar surface area (TPSA) is 53.1 Å². The van der Waals surface area contributed by atoms with Gasteiger partial charge in [0, 0.05) is 25.0 Å². The summed E-state index contributed by atoms with van der Waals surface area (Å²) in [6, 6.07) is 15.1. The lowest BCUT2D eigenvalue weighted by Gasteiger charge is -2.15. The van der Waals surface area contributed by atoms with Gasteiger partial charge in [-0.3, -0.25) is 4.90 Å². The zero-order valence-electron chi connectivity index (χ0n) is 17.6. The van der Waals surface area contributed by atoms with Crippen molar-refractivity contribution in [3.63, 3.8) is 0 Å². The second-order valence-corrected chi connectivity index (χ2v) is 8.82. The molecule has 0 unspecified atom stereocenters. The lowest BCUT2D eigenvalue weighted by Crippen LogP contribution is -2.18. The third-order valence-corrected chi connectivity index (χ3v) is 6.17. The van der Waals surface area contributed by atoms with E-state index in [2.05, 4.69) is 97.7 Å². The first kappa shape index (κ1) is 20.8. The van der Waals surface area contributed by atoms with E-state index in [1.54, 1.807) is 6.20 Å². The van der Waals surface area contributed by atoms with Gasteiger partial charge in [0.25, 0.3) is 0 Å². The second-order valence-electron chi connectivity index (χ2n) is 7.97. The van der Waals surface area contributed by atoms with Crippen LogP contribution in [0.25, 0.3) is 0 Å². The Bertz CT molecular complexity index is 997. The van der Waals surface area contributed by atoms with Gasteiger partial charge in [-0.05, 0) is 90.1 Å². The number of hydrogen-bond acceptors (Lipinski definition) is 5. The lowest BCUT2D eigenvalue weighted by atomic mass is 10.1. The van der Waals surface area contributed by atoms with Crippen molar-refractivity contribution in [1.82, 2.24) is 14.9 Å². The molecule has 0 radical (unpaired) electrons. The van der Waals surface area contributed by atoms with Gasteiger partial charge in [-0.2, -0.15) is 4.98 Å². The van der Waals surface area contributed by atoms with Crippen LogP contribution >= 0.6 is 15.9 Å². The highest BCUT2D eigenvalue weighted by Gasteiger charge is 2.11. The van der Waals surface area contributed by atoms with Crippen LogP contribution in [0.2, 0.25) is 0 Å². The number of benzene rings is 2. The first-order valence-electron chi connectivity index (χ1n) is 10.5. The van der Waals surface area contributed by atoms with Gasteiger partial charge < -0.3 is 10.6 Å². The van der Waals surface area contributed by atoms with Crippen molar-refractivity contribution < 1.29 is 0 Å². The maximum atomic E-state index is 4.64.